The minimum atomic E-state index is -0.565. The van der Waals surface area contributed by atoms with E-state index in [-0.39, 0.29) is 43.2 Å². The predicted octanol–water partition coefficient (Wildman–Crippen LogP) is 6.38. The lowest BCUT2D eigenvalue weighted by molar-refractivity contribution is -0.0675. The number of rotatable bonds is 6. The fraction of sp³-hybridized carbons (Fsp3) is 0.516. The molecule has 0 aromatic heterocycles. The summed E-state index contributed by atoms with van der Waals surface area (Å²) < 4.78 is 16.9. The normalized spacial score (nSPS) is 21.9. The molecule has 2 aliphatic heterocycles. The van der Waals surface area contributed by atoms with Crippen LogP contribution < -0.4 is 5.32 Å². The third-order valence-electron chi connectivity index (χ3n) is 6.58. The number of halogens is 3. The van der Waals surface area contributed by atoms with E-state index in [0.717, 1.165) is 23.6 Å². The fourth-order valence-corrected chi connectivity index (χ4v) is 4.78. The highest BCUT2D eigenvalue weighted by Gasteiger charge is 2.35. The molecule has 1 amide bonds. The van der Waals surface area contributed by atoms with E-state index in [1.54, 1.807) is 4.90 Å². The van der Waals surface area contributed by atoms with Crippen LogP contribution in [0.4, 0.5) is 4.79 Å². The van der Waals surface area contributed by atoms with Crippen molar-refractivity contribution in [2.45, 2.75) is 76.3 Å². The summed E-state index contributed by atoms with van der Waals surface area (Å²) in [6.07, 6.45) is 1.69. The highest BCUT2D eigenvalue weighted by molar-refractivity contribution is 6.30. The number of carbonyl (C=O) groups is 1. The number of ether oxygens (including phenoxy) is 3. The second-order valence-electron chi connectivity index (χ2n) is 11.2. The number of carbonyl (C=O) groups excluding carboxylic acids is 1. The zero-order valence-electron chi connectivity index (χ0n) is 24.2. The maximum atomic E-state index is 12.6. The standard InChI is InChI=1S/C18H23ClN2O3.C13H15ClN2O.ClH/c1-18(2,3)24-17(22)21-11-16(8-9-20)23-12-15(21)10-13-4-6-14(19)7-5-13;14-11-3-1-10(2-4-11)7-12-9-17-13(5-6-15)8-16-12;/h4-7,15-16H,8,10-12H2,1-3H3;1-4,12-13,16H,5,7-9H2;1H/t15-,16-;12-,13-;/m00./s1. The van der Waals surface area contributed by atoms with Crippen LogP contribution in [-0.4, -0.2) is 67.2 Å². The summed E-state index contributed by atoms with van der Waals surface area (Å²) >= 11 is 11.8. The molecule has 0 saturated carbocycles. The van der Waals surface area contributed by atoms with Crippen molar-refractivity contribution < 1.29 is 19.0 Å². The number of hydrogen-bond acceptors (Lipinski definition) is 7. The van der Waals surface area contributed by atoms with Gasteiger partial charge in [-0.15, -0.1) is 12.4 Å². The second kappa shape index (κ2) is 17.5. The summed E-state index contributed by atoms with van der Waals surface area (Å²) in [7, 11) is 0. The molecule has 2 saturated heterocycles. The lowest BCUT2D eigenvalue weighted by atomic mass is 10.0. The van der Waals surface area contributed by atoms with Gasteiger partial charge in [-0.3, -0.25) is 4.90 Å². The van der Waals surface area contributed by atoms with Crippen molar-refractivity contribution in [3.05, 3.63) is 69.7 Å². The van der Waals surface area contributed by atoms with Crippen LogP contribution in [0.5, 0.6) is 0 Å². The average Bonchev–Trinajstić information content (AvgIpc) is 2.93. The van der Waals surface area contributed by atoms with Gasteiger partial charge in [0.1, 0.15) is 5.60 Å². The van der Waals surface area contributed by atoms with Crippen LogP contribution >= 0.6 is 35.6 Å². The lowest BCUT2D eigenvalue weighted by Gasteiger charge is -2.39. The van der Waals surface area contributed by atoms with Crippen LogP contribution in [0.3, 0.4) is 0 Å². The monoisotopic (exact) mass is 636 g/mol. The van der Waals surface area contributed by atoms with E-state index >= 15 is 0 Å². The minimum Gasteiger partial charge on any atom is -0.444 e. The SMILES string of the molecule is CC(C)(C)OC(=O)N1C[C@H](CC#N)OC[C@@H]1Cc1ccc(Cl)cc1.Cl.N#CC[C@H]1CN[C@@H](Cc2ccc(Cl)cc2)CO1. The van der Waals surface area contributed by atoms with Gasteiger partial charge in [0.15, 0.2) is 0 Å². The Kier molecular flexibility index (Phi) is 14.9. The van der Waals surface area contributed by atoms with E-state index in [2.05, 4.69) is 17.5 Å². The largest absolute Gasteiger partial charge is 0.444 e. The van der Waals surface area contributed by atoms with Crippen LogP contribution in [0, 0.1) is 22.7 Å². The molecule has 0 unspecified atom stereocenters. The Morgan fingerprint density at radius 1 is 0.929 bits per heavy atom. The van der Waals surface area contributed by atoms with E-state index < -0.39 is 5.60 Å². The van der Waals surface area contributed by atoms with Crippen molar-refractivity contribution in [1.29, 1.82) is 10.5 Å². The van der Waals surface area contributed by atoms with Gasteiger partial charge < -0.3 is 19.5 Å². The summed E-state index contributed by atoms with van der Waals surface area (Å²) in [4.78, 5) is 14.2. The number of amides is 1. The molecule has 2 aliphatic rings. The van der Waals surface area contributed by atoms with Gasteiger partial charge in [-0.25, -0.2) is 4.79 Å². The molecule has 228 valence electrons. The number of nitriles is 2. The van der Waals surface area contributed by atoms with Gasteiger partial charge in [-0.1, -0.05) is 47.5 Å². The van der Waals surface area contributed by atoms with Crippen LogP contribution in [0.1, 0.15) is 44.7 Å². The minimum absolute atomic E-state index is 0. The Morgan fingerprint density at radius 3 is 1.95 bits per heavy atom. The van der Waals surface area contributed by atoms with E-state index in [4.69, 9.17) is 47.9 Å². The molecule has 1 N–H and O–H groups in total. The Labute approximate surface area is 265 Å². The number of nitrogens with one attached hydrogen (secondary N) is 1. The molecule has 8 nitrogen and oxygen atoms in total. The van der Waals surface area contributed by atoms with Crippen LogP contribution in [-0.2, 0) is 27.1 Å². The molecule has 42 heavy (non-hydrogen) atoms. The molecule has 11 heteroatoms. The summed E-state index contributed by atoms with van der Waals surface area (Å²) in [5, 5.41) is 22.3. The van der Waals surface area contributed by atoms with Gasteiger partial charge in [0.05, 0.1) is 63.0 Å². The van der Waals surface area contributed by atoms with E-state index in [9.17, 15) is 4.79 Å². The molecule has 2 heterocycles. The summed E-state index contributed by atoms with van der Waals surface area (Å²) in [5.41, 5.74) is 1.75. The topological polar surface area (TPSA) is 108 Å². The molecule has 4 atom stereocenters. The Bertz CT molecular complexity index is 1190. The predicted molar refractivity (Wildman–Crippen MR) is 166 cm³/mol. The van der Waals surface area contributed by atoms with E-state index in [0.29, 0.717) is 43.7 Å². The van der Waals surface area contributed by atoms with Crippen molar-refractivity contribution in [3.63, 3.8) is 0 Å². The molecular weight excluding hydrogens is 599 g/mol. The van der Waals surface area contributed by atoms with Crippen LogP contribution in [0.15, 0.2) is 48.5 Å². The first-order valence-electron chi connectivity index (χ1n) is 13.7. The highest BCUT2D eigenvalue weighted by Crippen LogP contribution is 2.22. The summed E-state index contributed by atoms with van der Waals surface area (Å²) in [6, 6.07) is 19.8. The first kappa shape index (κ1) is 35.6. The van der Waals surface area contributed by atoms with Crippen molar-refractivity contribution in [3.8, 4) is 12.1 Å². The van der Waals surface area contributed by atoms with Crippen LogP contribution in [0.2, 0.25) is 10.0 Å². The Balaban J connectivity index is 0.000000302. The molecule has 2 aromatic carbocycles. The molecule has 2 aromatic rings. The van der Waals surface area contributed by atoms with Gasteiger partial charge in [-0.05, 0) is 69.0 Å². The Morgan fingerprint density at radius 2 is 1.45 bits per heavy atom. The highest BCUT2D eigenvalue weighted by atomic mass is 35.5. The smallest absolute Gasteiger partial charge is 0.410 e. The molecule has 0 spiro atoms. The molecule has 0 radical (unpaired) electrons. The van der Waals surface area contributed by atoms with Crippen molar-refractivity contribution in [1.82, 2.24) is 10.2 Å². The number of morpholine rings is 2. The maximum Gasteiger partial charge on any atom is 0.410 e. The number of benzene rings is 2. The summed E-state index contributed by atoms with van der Waals surface area (Å²) in [6.45, 7) is 7.68. The first-order chi connectivity index (χ1) is 19.6. The van der Waals surface area contributed by atoms with Gasteiger partial charge in [-0.2, -0.15) is 10.5 Å². The van der Waals surface area contributed by atoms with E-state index in [1.165, 1.54) is 5.56 Å². The number of hydrogen-bond donors (Lipinski definition) is 1. The quantitative estimate of drug-likeness (QED) is 0.392. The summed E-state index contributed by atoms with van der Waals surface area (Å²) in [5.74, 6) is 0. The van der Waals surface area contributed by atoms with Crippen molar-refractivity contribution >= 4 is 41.7 Å². The van der Waals surface area contributed by atoms with Gasteiger partial charge >= 0.3 is 6.09 Å². The van der Waals surface area contributed by atoms with Gasteiger partial charge in [0.25, 0.3) is 0 Å². The first-order valence-corrected chi connectivity index (χ1v) is 14.5. The maximum absolute atomic E-state index is 12.6. The second-order valence-corrected chi connectivity index (χ2v) is 12.1. The zero-order valence-corrected chi connectivity index (χ0v) is 26.6. The van der Waals surface area contributed by atoms with Gasteiger partial charge in [0.2, 0.25) is 0 Å². The molecule has 2 fully saturated rings. The molecular formula is C31H39Cl3N4O4. The van der Waals surface area contributed by atoms with Crippen molar-refractivity contribution in [2.24, 2.45) is 0 Å². The zero-order chi connectivity index (χ0) is 29.8. The molecule has 4 rings (SSSR count). The van der Waals surface area contributed by atoms with E-state index in [1.807, 2.05) is 69.3 Å². The van der Waals surface area contributed by atoms with Gasteiger partial charge in [0, 0.05) is 22.6 Å². The lowest BCUT2D eigenvalue weighted by Crippen LogP contribution is -2.54. The average molecular weight is 638 g/mol. The Hall–Kier alpha value is -2.56. The van der Waals surface area contributed by atoms with Crippen molar-refractivity contribution in [2.75, 3.05) is 26.3 Å². The van der Waals surface area contributed by atoms with Crippen LogP contribution in [0.25, 0.3) is 0 Å². The number of nitrogens with zero attached hydrogens (tertiary/aromatic N) is 3. The molecule has 0 aliphatic carbocycles. The third kappa shape index (κ3) is 12.4. The fourth-order valence-electron chi connectivity index (χ4n) is 4.53. The molecule has 0 bridgehead atoms. The third-order valence-corrected chi connectivity index (χ3v) is 7.08.